The molecule has 5 atom stereocenters. The summed E-state index contributed by atoms with van der Waals surface area (Å²) in [6.07, 6.45) is -0.233. The van der Waals surface area contributed by atoms with Gasteiger partial charge in [0.1, 0.15) is 35.3 Å². The number of ether oxygens (including phenoxy) is 1. The van der Waals surface area contributed by atoms with E-state index in [1.165, 1.54) is 6.26 Å². The van der Waals surface area contributed by atoms with Crippen molar-refractivity contribution >= 4 is 17.4 Å². The molecule has 1 unspecified atom stereocenters. The fourth-order valence-electron chi connectivity index (χ4n) is 6.79. The Morgan fingerprint density at radius 1 is 1.09 bits per heavy atom. The van der Waals surface area contributed by atoms with Crippen molar-refractivity contribution in [2.24, 2.45) is 17.8 Å². The molecule has 3 aliphatic heterocycles. The summed E-state index contributed by atoms with van der Waals surface area (Å²) in [5, 5.41) is 26.9. The Morgan fingerprint density at radius 2 is 1.89 bits per heavy atom. The largest absolute Gasteiger partial charge is 0.469 e. The van der Waals surface area contributed by atoms with Crippen LogP contribution in [0.25, 0.3) is 11.6 Å². The number of hydrogen-bond acceptors (Lipinski definition) is 10. The van der Waals surface area contributed by atoms with Crippen molar-refractivity contribution in [3.63, 3.8) is 0 Å². The number of aliphatic hydroxyl groups is 2. The molecule has 234 valence electrons. The first-order chi connectivity index (χ1) is 21.6. The molecule has 0 fully saturated rings. The van der Waals surface area contributed by atoms with Crippen LogP contribution in [-0.4, -0.2) is 44.2 Å². The van der Waals surface area contributed by atoms with Crippen LogP contribution < -0.4 is 15.4 Å². The topological polar surface area (TPSA) is 160 Å². The molecule has 1 amide bonds. The second-order valence-electron chi connectivity index (χ2n) is 12.8. The van der Waals surface area contributed by atoms with Crippen LogP contribution in [0.3, 0.4) is 0 Å². The van der Waals surface area contributed by atoms with Crippen LogP contribution in [0.5, 0.6) is 5.75 Å². The second-order valence-corrected chi connectivity index (χ2v) is 12.8. The van der Waals surface area contributed by atoms with E-state index >= 15 is 0 Å². The number of aliphatic hydroxyl groups excluding tert-OH is 2. The fourth-order valence-corrected chi connectivity index (χ4v) is 6.79. The molecule has 4 N–H and O–H groups in total. The number of nitrogens with zero attached hydrogens (tertiary/aromatic N) is 2. The van der Waals surface area contributed by atoms with Crippen LogP contribution in [0.4, 0.5) is 5.69 Å². The minimum Gasteiger partial charge on any atom is -0.469 e. The van der Waals surface area contributed by atoms with Crippen molar-refractivity contribution in [3.05, 3.63) is 82.8 Å². The normalized spacial score (nSPS) is 23.8. The molecule has 45 heavy (non-hydrogen) atoms. The van der Waals surface area contributed by atoms with Gasteiger partial charge in [0.15, 0.2) is 23.5 Å². The van der Waals surface area contributed by atoms with E-state index in [0.717, 1.165) is 22.4 Å². The summed E-state index contributed by atoms with van der Waals surface area (Å²) in [5.41, 5.74) is 3.09. The number of rotatable bonds is 7. The Morgan fingerprint density at radius 3 is 2.62 bits per heavy atom. The van der Waals surface area contributed by atoms with Crippen molar-refractivity contribution in [2.75, 3.05) is 5.32 Å². The Bertz CT molecular complexity index is 1790. The SMILES string of the molecule is CC(C)[C@H](O)C(=O)C[C@H]1Cc2ccc3c(c2)C2(c4ccccc4N[C@H]2O3)c2oc(nc2-c2nc(CO)co2)[C@H](C(C)C)NC1=O. The van der Waals surface area contributed by atoms with Crippen molar-refractivity contribution < 1.29 is 33.4 Å². The van der Waals surface area contributed by atoms with Crippen molar-refractivity contribution in [2.45, 2.75) is 70.9 Å². The van der Waals surface area contributed by atoms with Gasteiger partial charge < -0.3 is 34.4 Å². The number of hydrogen-bond donors (Lipinski definition) is 4. The summed E-state index contributed by atoms with van der Waals surface area (Å²) >= 11 is 0. The molecule has 4 bridgehead atoms. The predicted molar refractivity (Wildman–Crippen MR) is 162 cm³/mol. The summed E-state index contributed by atoms with van der Waals surface area (Å²) < 4.78 is 19.2. The van der Waals surface area contributed by atoms with E-state index in [1.807, 2.05) is 56.3 Å². The van der Waals surface area contributed by atoms with E-state index in [4.69, 9.17) is 18.6 Å². The number of anilines is 1. The molecule has 0 aliphatic carbocycles. The van der Waals surface area contributed by atoms with E-state index in [-0.39, 0.29) is 54.8 Å². The Balaban J connectivity index is 1.48. The van der Waals surface area contributed by atoms with Crippen LogP contribution >= 0.6 is 0 Å². The van der Waals surface area contributed by atoms with Crippen LogP contribution in [0.2, 0.25) is 0 Å². The molecule has 0 saturated carbocycles. The molecule has 2 aromatic heterocycles. The van der Waals surface area contributed by atoms with Gasteiger partial charge in [-0.15, -0.1) is 0 Å². The number of fused-ring (bicyclic) bond motifs is 4. The molecule has 11 heteroatoms. The molecule has 0 radical (unpaired) electrons. The number of Topliss-reactive ketones (excluding diaryl/α,β-unsaturated/α-hetero) is 1. The van der Waals surface area contributed by atoms with Gasteiger partial charge in [-0.1, -0.05) is 58.0 Å². The number of ketones is 1. The summed E-state index contributed by atoms with van der Waals surface area (Å²) in [6.45, 7) is 7.14. The van der Waals surface area contributed by atoms with Gasteiger partial charge in [0.2, 0.25) is 17.7 Å². The zero-order valence-electron chi connectivity index (χ0n) is 25.5. The maximum atomic E-state index is 14.0. The highest BCUT2D eigenvalue weighted by Crippen LogP contribution is 2.59. The lowest BCUT2D eigenvalue weighted by Crippen LogP contribution is -2.41. The summed E-state index contributed by atoms with van der Waals surface area (Å²) in [6, 6.07) is 13.0. The summed E-state index contributed by atoms with van der Waals surface area (Å²) in [5.74, 6) is -0.388. The number of benzene rings is 2. The highest BCUT2D eigenvalue weighted by molar-refractivity contribution is 5.89. The molecule has 3 aliphatic rings. The second kappa shape index (κ2) is 10.8. The highest BCUT2D eigenvalue weighted by Gasteiger charge is 2.61. The third kappa shape index (κ3) is 4.55. The Labute approximate surface area is 260 Å². The third-order valence-electron chi connectivity index (χ3n) is 9.16. The summed E-state index contributed by atoms with van der Waals surface area (Å²) in [7, 11) is 0. The van der Waals surface area contributed by atoms with Gasteiger partial charge in [-0.25, -0.2) is 9.97 Å². The maximum absolute atomic E-state index is 14.0. The molecular formula is C34H36N4O7. The first kappa shape index (κ1) is 29.2. The number of aromatic nitrogens is 2. The van der Waals surface area contributed by atoms with Gasteiger partial charge in [0, 0.05) is 23.6 Å². The third-order valence-corrected chi connectivity index (χ3v) is 9.16. The number of carbonyl (C=O) groups excluding carboxylic acids is 2. The lowest BCUT2D eigenvalue weighted by molar-refractivity contribution is -0.135. The minimum absolute atomic E-state index is 0.121. The molecule has 2 aromatic carbocycles. The van der Waals surface area contributed by atoms with Crippen molar-refractivity contribution in [3.8, 4) is 17.3 Å². The number of amides is 1. The number of para-hydroxylation sites is 1. The van der Waals surface area contributed by atoms with Gasteiger partial charge in [-0.05, 0) is 41.5 Å². The lowest BCUT2D eigenvalue weighted by atomic mass is 9.72. The van der Waals surface area contributed by atoms with Gasteiger partial charge >= 0.3 is 0 Å². The number of oxazole rings is 2. The molecule has 11 nitrogen and oxygen atoms in total. The quantitative estimate of drug-likeness (QED) is 0.237. The van der Waals surface area contributed by atoms with E-state index < -0.39 is 29.7 Å². The zero-order valence-corrected chi connectivity index (χ0v) is 25.5. The Kier molecular flexibility index (Phi) is 7.05. The Hall–Kier alpha value is -4.48. The number of carbonyl (C=O) groups is 2. The molecule has 1 spiro atoms. The van der Waals surface area contributed by atoms with Gasteiger partial charge in [-0.2, -0.15) is 0 Å². The van der Waals surface area contributed by atoms with E-state index in [1.54, 1.807) is 13.8 Å². The van der Waals surface area contributed by atoms with Gasteiger partial charge in [0.05, 0.1) is 6.61 Å². The molecular weight excluding hydrogens is 576 g/mol. The molecule has 4 aromatic rings. The van der Waals surface area contributed by atoms with Gasteiger partial charge in [-0.3, -0.25) is 9.59 Å². The fraction of sp³-hybridized carbons (Fsp3) is 0.412. The molecule has 0 saturated heterocycles. The van der Waals surface area contributed by atoms with Crippen LogP contribution in [0.1, 0.15) is 74.2 Å². The van der Waals surface area contributed by atoms with Crippen molar-refractivity contribution in [1.29, 1.82) is 0 Å². The van der Waals surface area contributed by atoms with E-state index in [2.05, 4.69) is 15.6 Å². The van der Waals surface area contributed by atoms with Gasteiger partial charge in [0.25, 0.3) is 0 Å². The molecule has 7 rings (SSSR count). The zero-order chi connectivity index (χ0) is 31.6. The standard InChI is InChI=1S/C34H36N4O7/c1-16(2)26-32-38-27(31-35-20(14-39)15-43-31)29(45-32)34-21-7-5-6-8-23(21)36-33(34)44-25-10-9-18(12-22(25)34)11-19(30(42)37-26)13-24(40)28(41)17(3)4/h5-10,12,15-17,19,26,28,33,36,39,41H,11,13-14H2,1-4H3,(H,37,42)/t19-,26+,28+,33+,34?/m1/s1. The first-order valence-corrected chi connectivity index (χ1v) is 15.4. The van der Waals surface area contributed by atoms with Crippen LogP contribution in [0, 0.1) is 17.8 Å². The van der Waals surface area contributed by atoms with E-state index in [0.29, 0.717) is 22.9 Å². The van der Waals surface area contributed by atoms with Crippen LogP contribution in [0.15, 0.2) is 57.6 Å². The van der Waals surface area contributed by atoms with Crippen molar-refractivity contribution in [1.82, 2.24) is 15.3 Å². The highest BCUT2D eigenvalue weighted by atomic mass is 16.5. The average molecular weight is 613 g/mol. The van der Waals surface area contributed by atoms with E-state index in [9.17, 15) is 19.8 Å². The summed E-state index contributed by atoms with van der Waals surface area (Å²) in [4.78, 5) is 36.5. The minimum atomic E-state index is -1.17. The average Bonchev–Trinajstić information content (AvgIpc) is 3.79. The monoisotopic (exact) mass is 612 g/mol. The first-order valence-electron chi connectivity index (χ1n) is 15.4. The predicted octanol–water partition coefficient (Wildman–Crippen LogP) is 4.26. The number of nitrogens with one attached hydrogen (secondary N) is 2. The smallest absolute Gasteiger partial charge is 0.249 e. The maximum Gasteiger partial charge on any atom is 0.249 e. The lowest BCUT2D eigenvalue weighted by Gasteiger charge is -2.28. The van der Waals surface area contributed by atoms with Crippen LogP contribution in [-0.2, 0) is 28.0 Å². The molecule has 5 heterocycles.